The lowest BCUT2D eigenvalue weighted by atomic mass is 10.1. The van der Waals surface area contributed by atoms with Crippen LogP contribution in [0.2, 0.25) is 5.02 Å². The van der Waals surface area contributed by atoms with Crippen LogP contribution in [-0.4, -0.2) is 52.5 Å². The molecule has 0 bridgehead atoms. The van der Waals surface area contributed by atoms with Gasteiger partial charge in [-0.1, -0.05) is 17.7 Å². The van der Waals surface area contributed by atoms with Gasteiger partial charge in [-0.25, -0.2) is 9.97 Å². The number of carbonyl (C=O) groups is 1. The van der Waals surface area contributed by atoms with E-state index in [1.54, 1.807) is 12.3 Å². The van der Waals surface area contributed by atoms with Crippen LogP contribution in [0.3, 0.4) is 0 Å². The number of nitrogens with one attached hydrogen (secondary N) is 1. The lowest BCUT2D eigenvalue weighted by Gasteiger charge is -2.36. The van der Waals surface area contributed by atoms with Crippen molar-refractivity contribution in [3.05, 3.63) is 47.2 Å². The number of hydrogen-bond donors (Lipinski definition) is 1. The molecule has 1 fully saturated rings. The SMILES string of the molecule is CC(C)(C)Nc1nccc(C(=O)N2CCN(c3cccc(Cl)c3)CC2)n1. The molecule has 1 aromatic heterocycles. The van der Waals surface area contributed by atoms with Crippen LogP contribution in [0.1, 0.15) is 31.3 Å². The molecule has 2 heterocycles. The van der Waals surface area contributed by atoms with Crippen LogP contribution >= 0.6 is 11.6 Å². The third-order valence-electron chi connectivity index (χ3n) is 4.10. The molecule has 138 valence electrons. The Morgan fingerprint density at radius 1 is 1.15 bits per heavy atom. The second-order valence-corrected chi connectivity index (χ2v) is 7.84. The van der Waals surface area contributed by atoms with Crippen molar-refractivity contribution in [2.24, 2.45) is 0 Å². The maximum Gasteiger partial charge on any atom is 0.272 e. The summed E-state index contributed by atoms with van der Waals surface area (Å²) in [5.41, 5.74) is 1.34. The maximum atomic E-state index is 12.8. The normalized spacial score (nSPS) is 15.1. The number of nitrogens with zero attached hydrogens (tertiary/aromatic N) is 4. The molecule has 1 N–H and O–H groups in total. The van der Waals surface area contributed by atoms with Gasteiger partial charge < -0.3 is 15.1 Å². The van der Waals surface area contributed by atoms with Crippen LogP contribution in [0.25, 0.3) is 0 Å². The van der Waals surface area contributed by atoms with Crippen LogP contribution < -0.4 is 10.2 Å². The van der Waals surface area contributed by atoms with Gasteiger partial charge in [0.15, 0.2) is 0 Å². The summed E-state index contributed by atoms with van der Waals surface area (Å²) in [4.78, 5) is 25.4. The van der Waals surface area contributed by atoms with Gasteiger partial charge in [-0.3, -0.25) is 4.79 Å². The Labute approximate surface area is 159 Å². The first-order chi connectivity index (χ1) is 12.3. The van der Waals surface area contributed by atoms with Gasteiger partial charge in [-0.2, -0.15) is 0 Å². The zero-order valence-electron chi connectivity index (χ0n) is 15.4. The molecule has 3 rings (SSSR count). The highest BCUT2D eigenvalue weighted by atomic mass is 35.5. The Balaban J connectivity index is 1.64. The van der Waals surface area contributed by atoms with E-state index in [-0.39, 0.29) is 11.4 Å². The molecular weight excluding hydrogens is 350 g/mol. The fourth-order valence-corrected chi connectivity index (χ4v) is 3.06. The molecule has 0 saturated carbocycles. The van der Waals surface area contributed by atoms with Gasteiger partial charge in [0.25, 0.3) is 5.91 Å². The predicted molar refractivity (Wildman–Crippen MR) is 105 cm³/mol. The van der Waals surface area contributed by atoms with Crippen LogP contribution in [-0.2, 0) is 0 Å². The van der Waals surface area contributed by atoms with Crippen LogP contribution in [0, 0.1) is 0 Å². The van der Waals surface area contributed by atoms with E-state index in [1.807, 2.05) is 49.9 Å². The number of benzene rings is 1. The van der Waals surface area contributed by atoms with Crippen molar-refractivity contribution in [1.82, 2.24) is 14.9 Å². The minimum absolute atomic E-state index is 0.0601. The van der Waals surface area contributed by atoms with Crippen molar-refractivity contribution < 1.29 is 4.79 Å². The van der Waals surface area contributed by atoms with Gasteiger partial charge in [-0.15, -0.1) is 0 Å². The third-order valence-corrected chi connectivity index (χ3v) is 4.34. The highest BCUT2D eigenvalue weighted by Crippen LogP contribution is 2.21. The quantitative estimate of drug-likeness (QED) is 0.894. The van der Waals surface area contributed by atoms with Gasteiger partial charge >= 0.3 is 0 Å². The molecule has 6 nitrogen and oxygen atoms in total. The minimum Gasteiger partial charge on any atom is -0.368 e. The zero-order chi connectivity index (χ0) is 18.7. The standard InChI is InChI=1S/C19H24ClN5O/c1-19(2,3)23-18-21-8-7-16(22-18)17(26)25-11-9-24(10-12-25)15-6-4-5-14(20)13-15/h4-8,13H,9-12H2,1-3H3,(H,21,22,23). The highest BCUT2D eigenvalue weighted by Gasteiger charge is 2.24. The van der Waals surface area contributed by atoms with E-state index in [0.717, 1.165) is 23.8 Å². The molecule has 1 amide bonds. The molecule has 0 radical (unpaired) electrons. The number of carbonyl (C=O) groups excluding carboxylic acids is 1. The summed E-state index contributed by atoms with van der Waals surface area (Å²) in [5, 5.41) is 3.92. The molecule has 26 heavy (non-hydrogen) atoms. The van der Waals surface area contributed by atoms with E-state index >= 15 is 0 Å². The summed E-state index contributed by atoms with van der Waals surface area (Å²) in [6.45, 7) is 8.92. The monoisotopic (exact) mass is 373 g/mol. The molecule has 1 aliphatic rings. The smallest absolute Gasteiger partial charge is 0.272 e. The number of piperazine rings is 1. The molecule has 0 aliphatic carbocycles. The fourth-order valence-electron chi connectivity index (χ4n) is 2.88. The van der Waals surface area contributed by atoms with Crippen LogP contribution in [0.5, 0.6) is 0 Å². The average molecular weight is 374 g/mol. The van der Waals surface area contributed by atoms with Crippen LogP contribution in [0.4, 0.5) is 11.6 Å². The average Bonchev–Trinajstić information content (AvgIpc) is 2.60. The summed E-state index contributed by atoms with van der Waals surface area (Å²) in [7, 11) is 0. The van der Waals surface area contributed by atoms with Gasteiger partial charge in [0.05, 0.1) is 0 Å². The van der Waals surface area contributed by atoms with E-state index in [4.69, 9.17) is 11.6 Å². The van der Waals surface area contributed by atoms with Crippen molar-refractivity contribution in [2.75, 3.05) is 36.4 Å². The van der Waals surface area contributed by atoms with Gasteiger partial charge in [-0.05, 0) is 45.0 Å². The van der Waals surface area contributed by atoms with Crippen molar-refractivity contribution in [3.8, 4) is 0 Å². The number of rotatable bonds is 3. The Kier molecular flexibility index (Phi) is 5.32. The number of halogens is 1. The Hall–Kier alpha value is -2.34. The first kappa shape index (κ1) is 18.5. The summed E-state index contributed by atoms with van der Waals surface area (Å²) in [6, 6.07) is 9.47. The second kappa shape index (κ2) is 7.50. The Morgan fingerprint density at radius 3 is 2.54 bits per heavy atom. The summed E-state index contributed by atoms with van der Waals surface area (Å²) in [6.07, 6.45) is 1.62. The first-order valence-corrected chi connectivity index (χ1v) is 9.11. The van der Waals surface area contributed by atoms with E-state index < -0.39 is 0 Å². The summed E-state index contributed by atoms with van der Waals surface area (Å²) < 4.78 is 0. The minimum atomic E-state index is -0.162. The molecule has 1 aliphatic heterocycles. The van der Waals surface area contributed by atoms with Gasteiger partial charge in [0.1, 0.15) is 5.69 Å². The lowest BCUT2D eigenvalue weighted by Crippen LogP contribution is -2.49. The fraction of sp³-hybridized carbons (Fsp3) is 0.421. The van der Waals surface area contributed by atoms with E-state index in [9.17, 15) is 4.79 Å². The Bertz CT molecular complexity index is 781. The highest BCUT2D eigenvalue weighted by molar-refractivity contribution is 6.30. The first-order valence-electron chi connectivity index (χ1n) is 8.73. The van der Waals surface area contributed by atoms with Gasteiger partial charge in [0.2, 0.25) is 5.95 Å². The molecule has 0 atom stereocenters. The molecule has 7 heteroatoms. The van der Waals surface area contributed by atoms with Crippen molar-refractivity contribution in [1.29, 1.82) is 0 Å². The molecule has 1 saturated heterocycles. The maximum absolute atomic E-state index is 12.8. The number of amides is 1. The van der Waals surface area contributed by atoms with Crippen molar-refractivity contribution in [2.45, 2.75) is 26.3 Å². The Morgan fingerprint density at radius 2 is 1.88 bits per heavy atom. The summed E-state index contributed by atoms with van der Waals surface area (Å²) >= 11 is 6.07. The third kappa shape index (κ3) is 4.64. The zero-order valence-corrected chi connectivity index (χ0v) is 16.1. The molecular formula is C19H24ClN5O. The second-order valence-electron chi connectivity index (χ2n) is 7.40. The van der Waals surface area contributed by atoms with Crippen molar-refractivity contribution in [3.63, 3.8) is 0 Å². The topological polar surface area (TPSA) is 61.4 Å². The largest absolute Gasteiger partial charge is 0.368 e. The predicted octanol–water partition coefficient (Wildman–Crippen LogP) is 3.30. The van der Waals surface area contributed by atoms with Crippen molar-refractivity contribution >= 4 is 29.1 Å². The van der Waals surface area contributed by atoms with Gasteiger partial charge in [0, 0.05) is 48.6 Å². The molecule has 2 aromatic rings. The molecule has 1 aromatic carbocycles. The van der Waals surface area contributed by atoms with E-state index in [1.165, 1.54) is 0 Å². The number of anilines is 2. The number of aromatic nitrogens is 2. The molecule has 0 unspecified atom stereocenters. The lowest BCUT2D eigenvalue weighted by molar-refractivity contribution is 0.0740. The van der Waals surface area contributed by atoms with E-state index in [2.05, 4.69) is 20.2 Å². The summed E-state index contributed by atoms with van der Waals surface area (Å²) in [5.74, 6) is 0.413. The van der Waals surface area contributed by atoms with Crippen LogP contribution in [0.15, 0.2) is 36.5 Å². The van der Waals surface area contributed by atoms with E-state index in [0.29, 0.717) is 24.7 Å². The number of hydrogen-bond acceptors (Lipinski definition) is 5. The molecule has 0 spiro atoms.